The van der Waals surface area contributed by atoms with Gasteiger partial charge in [0.05, 0.1) is 6.42 Å². The first kappa shape index (κ1) is 19.0. The Balaban J connectivity index is 1.42. The molecule has 2 aliphatic heterocycles. The van der Waals surface area contributed by atoms with Gasteiger partial charge in [0.2, 0.25) is 11.8 Å². The number of hydrogen-bond donors (Lipinski definition) is 2. The maximum Gasteiger partial charge on any atom is 0.321 e. The molecule has 1 unspecified atom stereocenters. The van der Waals surface area contributed by atoms with E-state index >= 15 is 0 Å². The molecule has 0 spiro atoms. The summed E-state index contributed by atoms with van der Waals surface area (Å²) in [5, 5.41) is 5.69. The largest absolute Gasteiger partial charge is 0.336 e. The van der Waals surface area contributed by atoms with Crippen LogP contribution < -0.4 is 15.5 Å². The molecule has 4 rings (SSSR count). The molecule has 0 saturated carbocycles. The molecule has 0 aromatic heterocycles. The summed E-state index contributed by atoms with van der Waals surface area (Å²) in [5.41, 5.74) is 2.30. The van der Waals surface area contributed by atoms with Crippen molar-refractivity contribution in [3.8, 4) is 0 Å². The van der Waals surface area contributed by atoms with E-state index in [0.717, 1.165) is 17.7 Å². The maximum atomic E-state index is 12.9. The number of urea groups is 1. The molecule has 2 N–H and O–H groups in total. The molecule has 0 aliphatic carbocycles. The Morgan fingerprint density at radius 3 is 2.66 bits per heavy atom. The van der Waals surface area contributed by atoms with E-state index < -0.39 is 6.04 Å². The molecule has 150 valence electrons. The van der Waals surface area contributed by atoms with E-state index in [1.165, 1.54) is 0 Å². The van der Waals surface area contributed by atoms with Crippen molar-refractivity contribution in [1.82, 2.24) is 10.2 Å². The van der Waals surface area contributed by atoms with Crippen LogP contribution in [0.15, 0.2) is 54.6 Å². The molecule has 1 atom stereocenters. The van der Waals surface area contributed by atoms with Gasteiger partial charge < -0.3 is 15.5 Å². The molecule has 2 fully saturated rings. The molecule has 2 saturated heterocycles. The Morgan fingerprint density at radius 2 is 1.90 bits per heavy atom. The highest BCUT2D eigenvalue weighted by Crippen LogP contribution is 2.24. The lowest BCUT2D eigenvalue weighted by atomic mass is 10.1. The number of anilines is 2. The first-order valence-electron chi connectivity index (χ1n) is 9.91. The van der Waals surface area contributed by atoms with Crippen molar-refractivity contribution in [3.05, 3.63) is 60.2 Å². The summed E-state index contributed by atoms with van der Waals surface area (Å²) in [6, 6.07) is 16.2. The summed E-state index contributed by atoms with van der Waals surface area (Å²) in [6.07, 6.45) is 1.76. The van der Waals surface area contributed by atoms with E-state index in [9.17, 15) is 14.4 Å². The SMILES string of the molecule is O=C(Nc1cccc(N2CCNC2=O)c1)C1CCCN1C(=O)Cc1ccccc1. The lowest BCUT2D eigenvalue weighted by Gasteiger charge is -2.24. The van der Waals surface area contributed by atoms with Crippen LogP contribution in [0.5, 0.6) is 0 Å². The lowest BCUT2D eigenvalue weighted by molar-refractivity contribution is -0.136. The number of amides is 4. The van der Waals surface area contributed by atoms with Gasteiger partial charge in [-0.1, -0.05) is 36.4 Å². The van der Waals surface area contributed by atoms with Crippen LogP contribution in [0.1, 0.15) is 18.4 Å². The molecule has 4 amide bonds. The van der Waals surface area contributed by atoms with Crippen molar-refractivity contribution in [2.45, 2.75) is 25.3 Å². The van der Waals surface area contributed by atoms with Gasteiger partial charge in [0.15, 0.2) is 0 Å². The second-order valence-corrected chi connectivity index (χ2v) is 7.33. The number of carbonyl (C=O) groups excluding carboxylic acids is 3. The van der Waals surface area contributed by atoms with E-state index in [1.807, 2.05) is 42.5 Å². The molecule has 29 heavy (non-hydrogen) atoms. The monoisotopic (exact) mass is 392 g/mol. The Morgan fingerprint density at radius 1 is 1.07 bits per heavy atom. The molecular weight excluding hydrogens is 368 g/mol. The van der Waals surface area contributed by atoms with Crippen molar-refractivity contribution in [2.75, 3.05) is 29.9 Å². The lowest BCUT2D eigenvalue weighted by Crippen LogP contribution is -2.43. The van der Waals surface area contributed by atoms with Crippen LogP contribution in [0, 0.1) is 0 Å². The highest BCUT2D eigenvalue weighted by molar-refractivity contribution is 5.99. The number of likely N-dealkylation sites (tertiary alicyclic amines) is 1. The number of rotatable bonds is 5. The second kappa shape index (κ2) is 8.34. The summed E-state index contributed by atoms with van der Waals surface area (Å²) >= 11 is 0. The Labute approximate surface area is 169 Å². The third-order valence-electron chi connectivity index (χ3n) is 5.36. The molecule has 0 bridgehead atoms. The van der Waals surface area contributed by atoms with Gasteiger partial charge in [-0.25, -0.2) is 4.79 Å². The van der Waals surface area contributed by atoms with Crippen molar-refractivity contribution < 1.29 is 14.4 Å². The van der Waals surface area contributed by atoms with Crippen LogP contribution in [0.4, 0.5) is 16.2 Å². The van der Waals surface area contributed by atoms with Crippen LogP contribution in [-0.4, -0.2) is 48.4 Å². The van der Waals surface area contributed by atoms with Crippen LogP contribution in [0.25, 0.3) is 0 Å². The van der Waals surface area contributed by atoms with Gasteiger partial charge in [0.1, 0.15) is 6.04 Å². The van der Waals surface area contributed by atoms with Gasteiger partial charge in [-0.3, -0.25) is 14.5 Å². The minimum absolute atomic E-state index is 0.0312. The summed E-state index contributed by atoms with van der Waals surface area (Å²) in [5.74, 6) is -0.219. The molecule has 7 heteroatoms. The van der Waals surface area contributed by atoms with E-state index in [1.54, 1.807) is 21.9 Å². The van der Waals surface area contributed by atoms with Gasteiger partial charge in [-0.15, -0.1) is 0 Å². The highest BCUT2D eigenvalue weighted by Gasteiger charge is 2.34. The standard InChI is InChI=1S/C22H24N4O3/c27-20(14-16-6-2-1-3-7-16)26-12-5-10-19(26)21(28)24-17-8-4-9-18(15-17)25-13-11-23-22(25)29/h1-4,6-9,15,19H,5,10-14H2,(H,23,29)(H,24,28). The minimum Gasteiger partial charge on any atom is -0.336 e. The van der Waals surface area contributed by atoms with E-state index in [4.69, 9.17) is 0 Å². The van der Waals surface area contributed by atoms with Crippen molar-refractivity contribution in [1.29, 1.82) is 0 Å². The molecule has 0 radical (unpaired) electrons. The van der Waals surface area contributed by atoms with Gasteiger partial charge >= 0.3 is 6.03 Å². The van der Waals surface area contributed by atoms with E-state index in [2.05, 4.69) is 10.6 Å². The fraction of sp³-hybridized carbons (Fsp3) is 0.318. The zero-order valence-corrected chi connectivity index (χ0v) is 16.1. The molecule has 2 aliphatic rings. The van der Waals surface area contributed by atoms with Gasteiger partial charge in [-0.2, -0.15) is 0 Å². The minimum atomic E-state index is -0.468. The second-order valence-electron chi connectivity index (χ2n) is 7.33. The fourth-order valence-electron chi connectivity index (χ4n) is 3.90. The number of benzene rings is 2. The maximum absolute atomic E-state index is 12.9. The van der Waals surface area contributed by atoms with Crippen LogP contribution in [0.2, 0.25) is 0 Å². The Kier molecular flexibility index (Phi) is 5.46. The average Bonchev–Trinajstić information content (AvgIpc) is 3.38. The summed E-state index contributed by atoms with van der Waals surface area (Å²) in [7, 11) is 0. The Hall–Kier alpha value is -3.35. The van der Waals surface area contributed by atoms with E-state index in [-0.39, 0.29) is 17.8 Å². The van der Waals surface area contributed by atoms with Gasteiger partial charge in [0, 0.05) is 31.0 Å². The third-order valence-corrected chi connectivity index (χ3v) is 5.36. The fourth-order valence-corrected chi connectivity index (χ4v) is 3.90. The molecule has 2 aromatic carbocycles. The predicted octanol–water partition coefficient (Wildman–Crippen LogP) is 2.39. The smallest absolute Gasteiger partial charge is 0.321 e. The number of nitrogens with zero attached hydrogens (tertiary/aromatic N) is 2. The van der Waals surface area contributed by atoms with Crippen molar-refractivity contribution in [2.24, 2.45) is 0 Å². The van der Waals surface area contributed by atoms with Crippen LogP contribution >= 0.6 is 0 Å². The number of nitrogens with one attached hydrogen (secondary N) is 2. The topological polar surface area (TPSA) is 81.8 Å². The molecular formula is C22H24N4O3. The number of carbonyl (C=O) groups is 3. The molecule has 2 heterocycles. The predicted molar refractivity (Wildman–Crippen MR) is 111 cm³/mol. The zero-order valence-electron chi connectivity index (χ0n) is 16.1. The van der Waals surface area contributed by atoms with Gasteiger partial charge in [0.25, 0.3) is 0 Å². The zero-order chi connectivity index (χ0) is 20.2. The highest BCUT2D eigenvalue weighted by atomic mass is 16.2. The van der Waals surface area contributed by atoms with E-state index in [0.29, 0.717) is 38.2 Å². The summed E-state index contributed by atoms with van der Waals surface area (Å²) < 4.78 is 0. The molecule has 2 aromatic rings. The first-order valence-corrected chi connectivity index (χ1v) is 9.91. The first-order chi connectivity index (χ1) is 14.1. The normalized spacial score (nSPS) is 18.6. The Bertz CT molecular complexity index is 915. The van der Waals surface area contributed by atoms with Crippen molar-refractivity contribution in [3.63, 3.8) is 0 Å². The van der Waals surface area contributed by atoms with Crippen LogP contribution in [-0.2, 0) is 16.0 Å². The summed E-state index contributed by atoms with van der Waals surface area (Å²) in [4.78, 5) is 40.8. The quantitative estimate of drug-likeness (QED) is 0.820. The van der Waals surface area contributed by atoms with Gasteiger partial charge in [-0.05, 0) is 36.6 Å². The van der Waals surface area contributed by atoms with Crippen LogP contribution in [0.3, 0.4) is 0 Å². The summed E-state index contributed by atoms with van der Waals surface area (Å²) in [6.45, 7) is 1.80. The molecule has 7 nitrogen and oxygen atoms in total. The number of hydrogen-bond acceptors (Lipinski definition) is 3. The third kappa shape index (κ3) is 4.23. The van der Waals surface area contributed by atoms with Crippen molar-refractivity contribution >= 4 is 29.2 Å². The average molecular weight is 392 g/mol.